The molecular weight excluding hydrogens is 294 g/mol. The SMILES string of the molecule is COc1cccc(C(=O)Nc2ccccc2C(=O)OC(C)C)c1. The summed E-state index contributed by atoms with van der Waals surface area (Å²) in [7, 11) is 1.54. The fourth-order valence-electron chi connectivity index (χ4n) is 2.01. The molecule has 23 heavy (non-hydrogen) atoms. The van der Waals surface area contributed by atoms with E-state index in [0.29, 0.717) is 22.6 Å². The molecule has 0 fully saturated rings. The van der Waals surface area contributed by atoms with Crippen LogP contribution in [0.2, 0.25) is 0 Å². The Kier molecular flexibility index (Phi) is 5.36. The van der Waals surface area contributed by atoms with E-state index in [1.54, 1.807) is 62.4 Å². The molecule has 1 amide bonds. The summed E-state index contributed by atoms with van der Waals surface area (Å²) in [6.45, 7) is 3.55. The van der Waals surface area contributed by atoms with Gasteiger partial charge < -0.3 is 14.8 Å². The molecule has 0 aliphatic carbocycles. The summed E-state index contributed by atoms with van der Waals surface area (Å²) >= 11 is 0. The smallest absolute Gasteiger partial charge is 0.340 e. The average molecular weight is 313 g/mol. The Balaban J connectivity index is 2.22. The molecule has 0 saturated carbocycles. The molecule has 120 valence electrons. The number of ether oxygens (including phenoxy) is 2. The van der Waals surface area contributed by atoms with Gasteiger partial charge in [-0.05, 0) is 44.2 Å². The molecule has 0 heterocycles. The van der Waals surface area contributed by atoms with Crippen LogP contribution in [0.15, 0.2) is 48.5 Å². The minimum atomic E-state index is -0.471. The van der Waals surface area contributed by atoms with Gasteiger partial charge in [0.25, 0.3) is 5.91 Å². The fraction of sp³-hybridized carbons (Fsp3) is 0.222. The normalized spacial score (nSPS) is 10.3. The van der Waals surface area contributed by atoms with Crippen LogP contribution in [0.1, 0.15) is 34.6 Å². The van der Waals surface area contributed by atoms with Gasteiger partial charge in [0.1, 0.15) is 5.75 Å². The van der Waals surface area contributed by atoms with Crippen molar-refractivity contribution in [1.82, 2.24) is 0 Å². The largest absolute Gasteiger partial charge is 0.497 e. The van der Waals surface area contributed by atoms with Crippen LogP contribution >= 0.6 is 0 Å². The molecule has 5 nitrogen and oxygen atoms in total. The lowest BCUT2D eigenvalue weighted by Gasteiger charge is -2.13. The Morgan fingerprint density at radius 2 is 1.78 bits per heavy atom. The van der Waals surface area contributed by atoms with Crippen molar-refractivity contribution in [2.45, 2.75) is 20.0 Å². The van der Waals surface area contributed by atoms with E-state index < -0.39 is 5.97 Å². The van der Waals surface area contributed by atoms with E-state index in [0.717, 1.165) is 0 Å². The maximum atomic E-state index is 12.4. The van der Waals surface area contributed by atoms with Crippen molar-refractivity contribution in [3.63, 3.8) is 0 Å². The minimum absolute atomic E-state index is 0.232. The molecular formula is C18H19NO4. The van der Waals surface area contributed by atoms with Crippen LogP contribution in [0, 0.1) is 0 Å². The molecule has 0 aliphatic rings. The highest BCUT2D eigenvalue weighted by Gasteiger charge is 2.16. The number of hydrogen-bond donors (Lipinski definition) is 1. The monoisotopic (exact) mass is 313 g/mol. The summed E-state index contributed by atoms with van der Waals surface area (Å²) < 4.78 is 10.3. The van der Waals surface area contributed by atoms with E-state index in [1.807, 2.05) is 0 Å². The predicted molar refractivity (Wildman–Crippen MR) is 87.9 cm³/mol. The molecule has 0 radical (unpaired) electrons. The quantitative estimate of drug-likeness (QED) is 0.858. The molecule has 1 N–H and O–H groups in total. The summed E-state index contributed by atoms with van der Waals surface area (Å²) in [4.78, 5) is 24.5. The molecule has 0 spiro atoms. The summed E-state index contributed by atoms with van der Waals surface area (Å²) in [5, 5.41) is 2.74. The Hall–Kier alpha value is -2.82. The first kappa shape index (κ1) is 16.5. The minimum Gasteiger partial charge on any atom is -0.497 e. The van der Waals surface area contributed by atoms with E-state index >= 15 is 0 Å². The lowest BCUT2D eigenvalue weighted by atomic mass is 10.1. The van der Waals surface area contributed by atoms with Crippen LogP contribution in [0.3, 0.4) is 0 Å². The molecule has 5 heteroatoms. The van der Waals surface area contributed by atoms with Crippen LogP contribution in [0.5, 0.6) is 5.75 Å². The molecule has 0 aromatic heterocycles. The molecule has 2 aromatic rings. The molecule has 0 atom stereocenters. The van der Waals surface area contributed by atoms with Gasteiger partial charge in [-0.3, -0.25) is 4.79 Å². The highest BCUT2D eigenvalue weighted by atomic mass is 16.5. The van der Waals surface area contributed by atoms with Gasteiger partial charge in [0.05, 0.1) is 24.5 Å². The van der Waals surface area contributed by atoms with Crippen LogP contribution in [0.25, 0.3) is 0 Å². The lowest BCUT2D eigenvalue weighted by Crippen LogP contribution is -2.17. The van der Waals surface area contributed by atoms with Crippen LogP contribution < -0.4 is 10.1 Å². The summed E-state index contributed by atoms with van der Waals surface area (Å²) in [5.41, 5.74) is 1.17. The summed E-state index contributed by atoms with van der Waals surface area (Å²) in [6, 6.07) is 13.5. The topological polar surface area (TPSA) is 64.6 Å². The van der Waals surface area contributed by atoms with Gasteiger partial charge in [0.15, 0.2) is 0 Å². The third-order valence-corrected chi connectivity index (χ3v) is 3.07. The maximum Gasteiger partial charge on any atom is 0.340 e. The van der Waals surface area contributed by atoms with Crippen molar-refractivity contribution in [3.8, 4) is 5.75 Å². The number of esters is 1. The van der Waals surface area contributed by atoms with Crippen molar-refractivity contribution in [3.05, 3.63) is 59.7 Å². The van der Waals surface area contributed by atoms with Gasteiger partial charge >= 0.3 is 5.97 Å². The van der Waals surface area contributed by atoms with Gasteiger partial charge in [-0.2, -0.15) is 0 Å². The van der Waals surface area contributed by atoms with Crippen molar-refractivity contribution < 1.29 is 19.1 Å². The maximum absolute atomic E-state index is 12.4. The first-order chi connectivity index (χ1) is 11.0. The molecule has 0 bridgehead atoms. The molecule has 0 unspecified atom stereocenters. The van der Waals surface area contributed by atoms with Gasteiger partial charge in [-0.15, -0.1) is 0 Å². The van der Waals surface area contributed by atoms with E-state index in [4.69, 9.17) is 9.47 Å². The number of nitrogens with one attached hydrogen (secondary N) is 1. The standard InChI is InChI=1S/C18H19NO4/c1-12(2)23-18(21)15-9-4-5-10-16(15)19-17(20)13-7-6-8-14(11-13)22-3/h4-12H,1-3H3,(H,19,20). The Labute approximate surface area is 135 Å². The molecule has 2 aromatic carbocycles. The highest BCUT2D eigenvalue weighted by molar-refractivity contribution is 6.08. The number of hydrogen-bond acceptors (Lipinski definition) is 4. The zero-order valence-corrected chi connectivity index (χ0v) is 13.3. The number of benzene rings is 2. The molecule has 2 rings (SSSR count). The van der Waals surface area contributed by atoms with Gasteiger partial charge in [0.2, 0.25) is 0 Å². The van der Waals surface area contributed by atoms with E-state index in [2.05, 4.69) is 5.32 Å². The van der Waals surface area contributed by atoms with Crippen molar-refractivity contribution >= 4 is 17.6 Å². The number of methoxy groups -OCH3 is 1. The second-order valence-electron chi connectivity index (χ2n) is 5.19. The van der Waals surface area contributed by atoms with Gasteiger partial charge in [-0.25, -0.2) is 4.79 Å². The van der Waals surface area contributed by atoms with E-state index in [-0.39, 0.29) is 12.0 Å². The predicted octanol–water partition coefficient (Wildman–Crippen LogP) is 3.51. The lowest BCUT2D eigenvalue weighted by molar-refractivity contribution is 0.0379. The molecule has 0 aliphatic heterocycles. The summed E-state index contributed by atoms with van der Waals surface area (Å²) in [5.74, 6) is -0.208. The second-order valence-corrected chi connectivity index (χ2v) is 5.19. The first-order valence-electron chi connectivity index (χ1n) is 7.26. The van der Waals surface area contributed by atoms with Gasteiger partial charge in [0, 0.05) is 5.56 Å². The second kappa shape index (κ2) is 7.45. The van der Waals surface area contributed by atoms with Crippen molar-refractivity contribution in [2.24, 2.45) is 0 Å². The number of para-hydroxylation sites is 1. The first-order valence-corrected chi connectivity index (χ1v) is 7.26. The number of carbonyl (C=O) groups excluding carboxylic acids is 2. The third kappa shape index (κ3) is 4.32. The molecule has 0 saturated heterocycles. The number of amides is 1. The Bertz CT molecular complexity index is 710. The van der Waals surface area contributed by atoms with Gasteiger partial charge in [-0.1, -0.05) is 18.2 Å². The van der Waals surface area contributed by atoms with Crippen LogP contribution in [-0.4, -0.2) is 25.1 Å². The third-order valence-electron chi connectivity index (χ3n) is 3.07. The Morgan fingerprint density at radius 1 is 1.04 bits per heavy atom. The Morgan fingerprint density at radius 3 is 2.48 bits per heavy atom. The van der Waals surface area contributed by atoms with Crippen LogP contribution in [0.4, 0.5) is 5.69 Å². The number of carbonyl (C=O) groups is 2. The highest BCUT2D eigenvalue weighted by Crippen LogP contribution is 2.19. The van der Waals surface area contributed by atoms with E-state index in [9.17, 15) is 9.59 Å². The summed E-state index contributed by atoms with van der Waals surface area (Å²) in [6.07, 6.45) is -0.232. The van der Waals surface area contributed by atoms with E-state index in [1.165, 1.54) is 7.11 Å². The number of anilines is 1. The fourth-order valence-corrected chi connectivity index (χ4v) is 2.01. The zero-order chi connectivity index (χ0) is 16.8. The van der Waals surface area contributed by atoms with Crippen LogP contribution in [-0.2, 0) is 4.74 Å². The average Bonchev–Trinajstić information content (AvgIpc) is 2.54. The number of rotatable bonds is 5. The van der Waals surface area contributed by atoms with Crippen molar-refractivity contribution in [1.29, 1.82) is 0 Å². The van der Waals surface area contributed by atoms with Crippen molar-refractivity contribution in [2.75, 3.05) is 12.4 Å². The zero-order valence-electron chi connectivity index (χ0n) is 13.3.